The molecule has 1 aliphatic heterocycles. The number of aromatic nitrogens is 3. The second-order valence-electron chi connectivity index (χ2n) is 7.95. The van der Waals surface area contributed by atoms with Crippen molar-refractivity contribution in [2.45, 2.75) is 18.5 Å². The van der Waals surface area contributed by atoms with Gasteiger partial charge in [-0.25, -0.2) is 13.1 Å². The van der Waals surface area contributed by atoms with Gasteiger partial charge in [-0.15, -0.1) is 0 Å². The van der Waals surface area contributed by atoms with Crippen molar-refractivity contribution in [3.63, 3.8) is 0 Å². The van der Waals surface area contributed by atoms with Crippen LogP contribution in [0.25, 0.3) is 5.69 Å². The van der Waals surface area contributed by atoms with Crippen LogP contribution in [0.2, 0.25) is 0 Å². The quantitative estimate of drug-likeness (QED) is 0.235. The molecular weight excluding hydrogens is 512 g/mol. The Kier molecular flexibility index (Phi) is 7.25. The summed E-state index contributed by atoms with van der Waals surface area (Å²) in [5.74, 6) is -0.824. The van der Waals surface area contributed by atoms with Gasteiger partial charge in [0.25, 0.3) is 0 Å². The van der Waals surface area contributed by atoms with Gasteiger partial charge in [-0.3, -0.25) is 14.8 Å². The lowest BCUT2D eigenvalue weighted by atomic mass is 10.1. The van der Waals surface area contributed by atoms with Crippen molar-refractivity contribution < 1.29 is 23.1 Å². The van der Waals surface area contributed by atoms with E-state index in [-0.39, 0.29) is 6.73 Å². The largest absolute Gasteiger partial charge is 0.548 e. The fraction of sp³-hybridized carbons (Fsp3) is 0.286. The molecule has 14 heteroatoms. The topological polar surface area (TPSA) is 147 Å². The van der Waals surface area contributed by atoms with Crippen molar-refractivity contribution in [2.24, 2.45) is 0 Å². The molecule has 2 unspecified atom stereocenters. The zero-order chi connectivity index (χ0) is 25.2. The van der Waals surface area contributed by atoms with Gasteiger partial charge in [0.1, 0.15) is 5.75 Å². The normalized spacial score (nSPS) is 17.9. The monoisotopic (exact) mass is 535 g/mol. The Morgan fingerprint density at radius 2 is 1.83 bits per heavy atom. The Morgan fingerprint density at radius 1 is 1.14 bits per heavy atom. The zero-order valence-corrected chi connectivity index (χ0v) is 21.0. The number of sulfonamides is 1. The summed E-state index contributed by atoms with van der Waals surface area (Å²) >= 11 is 10.4. The van der Waals surface area contributed by atoms with Gasteiger partial charge < -0.3 is 24.9 Å². The molecule has 1 aromatic heterocycles. The van der Waals surface area contributed by atoms with Gasteiger partial charge in [0.2, 0.25) is 10.0 Å². The number of carbonyl (C=O) groups is 1. The highest BCUT2D eigenvalue weighted by Crippen LogP contribution is 2.29. The molecule has 0 saturated carbocycles. The molecule has 4 rings (SSSR count). The zero-order valence-electron chi connectivity index (χ0n) is 18.6. The molecule has 0 aliphatic carbocycles. The third-order valence-electron chi connectivity index (χ3n) is 5.48. The molecule has 1 saturated heterocycles. The first-order valence-electron chi connectivity index (χ1n) is 10.5. The molecular formula is C21H23N6O5S3-. The van der Waals surface area contributed by atoms with E-state index in [2.05, 4.69) is 20.2 Å². The summed E-state index contributed by atoms with van der Waals surface area (Å²) in [6.45, 7) is 0.517. The van der Waals surface area contributed by atoms with Gasteiger partial charge in [0, 0.05) is 30.0 Å². The molecule has 2 aromatic carbocycles. The summed E-state index contributed by atoms with van der Waals surface area (Å²) in [5, 5.41) is 20.5. The summed E-state index contributed by atoms with van der Waals surface area (Å²) in [6, 6.07) is 12.5. The molecule has 1 fully saturated rings. The summed E-state index contributed by atoms with van der Waals surface area (Å²) in [5.41, 5.74) is 2.22. The summed E-state index contributed by atoms with van der Waals surface area (Å²) in [4.78, 5) is 13.4. The molecule has 1 aliphatic rings. The predicted molar refractivity (Wildman–Crippen MR) is 134 cm³/mol. The summed E-state index contributed by atoms with van der Waals surface area (Å²) < 4.78 is 34.0. The smallest absolute Gasteiger partial charge is 0.209 e. The Morgan fingerprint density at radius 3 is 2.46 bits per heavy atom. The van der Waals surface area contributed by atoms with Crippen LogP contribution in [0.15, 0.2) is 48.5 Å². The molecule has 0 amide bonds. The molecule has 0 spiro atoms. The Labute approximate surface area is 211 Å². The molecule has 11 nitrogen and oxygen atoms in total. The lowest BCUT2D eigenvalue weighted by Crippen LogP contribution is -2.54. The Bertz CT molecular complexity index is 1400. The number of ether oxygens (including phenoxy) is 1. The van der Waals surface area contributed by atoms with E-state index in [0.717, 1.165) is 17.6 Å². The lowest BCUT2D eigenvalue weighted by Gasteiger charge is -2.30. The van der Waals surface area contributed by atoms with E-state index in [1.165, 1.54) is 0 Å². The number of rotatable bonds is 9. The third kappa shape index (κ3) is 5.90. The van der Waals surface area contributed by atoms with Gasteiger partial charge in [-0.05, 0) is 67.3 Å². The number of aromatic amines is 2. The number of carboxylic acid groups (broad SMARTS) is 1. The third-order valence-corrected chi connectivity index (χ3v) is 6.78. The highest BCUT2D eigenvalue weighted by molar-refractivity contribution is 7.88. The maximum absolute atomic E-state index is 11.8. The molecule has 0 radical (unpaired) electrons. The standard InChI is InChI=1S/C21H24N6O5S3/c1-35(30,31)25-17-9-10-26(18(17)19(28)29)15-3-2-4-16(11-15)32-12-22-13-5-7-14(8-6-13)27-20(33)23-24-21(27)34/h2-8,11,17-18,22,25H,9-10,12H2,1H3,(H,23,33)(H,24,34)(H,28,29)/p-1. The molecule has 3 aromatic rings. The van der Waals surface area contributed by atoms with Crippen LogP contribution in [0.1, 0.15) is 6.42 Å². The number of nitrogens with zero attached hydrogens (tertiary/aromatic N) is 2. The minimum atomic E-state index is -3.56. The number of hydrogen-bond donors (Lipinski definition) is 4. The van der Waals surface area contributed by atoms with E-state index >= 15 is 0 Å². The molecule has 2 atom stereocenters. The van der Waals surface area contributed by atoms with Crippen LogP contribution in [-0.2, 0) is 14.8 Å². The predicted octanol–water partition coefficient (Wildman–Crippen LogP) is 1.29. The second-order valence-corrected chi connectivity index (χ2v) is 10.5. The summed E-state index contributed by atoms with van der Waals surface area (Å²) in [7, 11) is -3.56. The van der Waals surface area contributed by atoms with Crippen molar-refractivity contribution in [2.75, 3.05) is 29.7 Å². The fourth-order valence-corrected chi connectivity index (χ4v) is 5.35. The first-order valence-corrected chi connectivity index (χ1v) is 13.2. The number of carboxylic acids is 1. The average molecular weight is 536 g/mol. The van der Waals surface area contributed by atoms with Gasteiger partial charge in [0.15, 0.2) is 16.3 Å². The van der Waals surface area contributed by atoms with E-state index in [1.807, 2.05) is 24.3 Å². The number of H-pyrrole nitrogens is 2. The number of carbonyl (C=O) groups excluding carboxylic acids is 1. The van der Waals surface area contributed by atoms with Crippen LogP contribution >= 0.6 is 24.4 Å². The van der Waals surface area contributed by atoms with Crippen LogP contribution in [0.5, 0.6) is 5.75 Å². The highest BCUT2D eigenvalue weighted by Gasteiger charge is 2.37. The van der Waals surface area contributed by atoms with Crippen LogP contribution in [0, 0.1) is 9.54 Å². The van der Waals surface area contributed by atoms with Crippen molar-refractivity contribution in [3.8, 4) is 11.4 Å². The second kappa shape index (κ2) is 10.2. The first kappa shape index (κ1) is 24.9. The molecule has 35 heavy (non-hydrogen) atoms. The number of anilines is 2. The van der Waals surface area contributed by atoms with E-state index in [9.17, 15) is 18.3 Å². The number of benzene rings is 2. The van der Waals surface area contributed by atoms with Crippen LogP contribution in [0.3, 0.4) is 0 Å². The van der Waals surface area contributed by atoms with Gasteiger partial charge in [-0.1, -0.05) is 6.07 Å². The van der Waals surface area contributed by atoms with Crippen LogP contribution < -0.4 is 24.8 Å². The number of nitrogens with one attached hydrogen (secondary N) is 4. The van der Waals surface area contributed by atoms with Crippen LogP contribution in [-0.4, -0.2) is 60.8 Å². The van der Waals surface area contributed by atoms with E-state index in [4.69, 9.17) is 29.2 Å². The maximum Gasteiger partial charge on any atom is 0.209 e. The Balaban J connectivity index is 1.39. The maximum atomic E-state index is 11.8. The van der Waals surface area contributed by atoms with E-state index in [1.54, 1.807) is 33.7 Å². The van der Waals surface area contributed by atoms with Crippen molar-refractivity contribution >= 4 is 51.8 Å². The fourth-order valence-electron chi connectivity index (χ4n) is 4.00. The molecule has 4 N–H and O–H groups in total. The van der Waals surface area contributed by atoms with E-state index in [0.29, 0.717) is 33.9 Å². The molecule has 2 heterocycles. The lowest BCUT2D eigenvalue weighted by molar-refractivity contribution is -0.307. The molecule has 186 valence electrons. The van der Waals surface area contributed by atoms with Crippen LogP contribution in [0.4, 0.5) is 11.4 Å². The van der Waals surface area contributed by atoms with Gasteiger partial charge in [-0.2, -0.15) is 0 Å². The number of aliphatic carboxylic acids is 1. The van der Waals surface area contributed by atoms with E-state index < -0.39 is 28.1 Å². The molecule has 0 bridgehead atoms. The highest BCUT2D eigenvalue weighted by atomic mass is 32.2. The number of hydrogen-bond acceptors (Lipinski definition) is 9. The van der Waals surface area contributed by atoms with Crippen molar-refractivity contribution in [1.82, 2.24) is 19.5 Å². The SMILES string of the molecule is CS(=O)(=O)NC1CCN(c2cccc(OCNc3ccc(-n4c(=S)[nH][nH]c4=S)cc3)c2)C1C(=O)[O-]. The van der Waals surface area contributed by atoms with Gasteiger partial charge in [0.05, 0.1) is 24.0 Å². The van der Waals surface area contributed by atoms with Crippen molar-refractivity contribution in [3.05, 3.63) is 58.1 Å². The minimum absolute atomic E-state index is 0.161. The van der Waals surface area contributed by atoms with Gasteiger partial charge >= 0.3 is 0 Å². The Hall–Kier alpha value is -3.20. The minimum Gasteiger partial charge on any atom is -0.548 e. The summed E-state index contributed by atoms with van der Waals surface area (Å²) in [6.07, 6.45) is 1.34. The first-order chi connectivity index (χ1) is 16.6. The van der Waals surface area contributed by atoms with Crippen molar-refractivity contribution in [1.29, 1.82) is 0 Å². The average Bonchev–Trinajstić information content (AvgIpc) is 3.36.